The van der Waals surface area contributed by atoms with E-state index in [2.05, 4.69) is 0 Å². The molecule has 1 aromatic rings. The zero-order valence-electron chi connectivity index (χ0n) is 9.66. The number of hydrogen-bond acceptors (Lipinski definition) is 3. The number of rotatable bonds is 5. The van der Waals surface area contributed by atoms with Crippen LogP contribution in [0.15, 0.2) is 29.2 Å². The van der Waals surface area contributed by atoms with E-state index < -0.39 is 26.7 Å². The first-order chi connectivity index (χ1) is 8.64. The minimum atomic E-state index is -4.76. The SMILES string of the molecule is N=C(N)CCNS(=O)(=O)c1ccccc1C(F)(F)F. The Kier molecular flexibility index (Phi) is 4.53. The van der Waals surface area contributed by atoms with Crippen LogP contribution in [0, 0.1) is 5.41 Å². The molecule has 0 aromatic heterocycles. The van der Waals surface area contributed by atoms with Crippen molar-refractivity contribution < 1.29 is 21.6 Å². The number of nitrogens with one attached hydrogen (secondary N) is 2. The van der Waals surface area contributed by atoms with Gasteiger partial charge >= 0.3 is 6.18 Å². The quantitative estimate of drug-likeness (QED) is 0.564. The van der Waals surface area contributed by atoms with E-state index in [0.29, 0.717) is 6.07 Å². The minimum Gasteiger partial charge on any atom is -0.388 e. The van der Waals surface area contributed by atoms with Crippen molar-refractivity contribution in [2.75, 3.05) is 6.54 Å². The monoisotopic (exact) mass is 295 g/mol. The van der Waals surface area contributed by atoms with Crippen LogP contribution in [0.4, 0.5) is 13.2 Å². The molecular formula is C10H12F3N3O2S. The number of benzene rings is 1. The highest BCUT2D eigenvalue weighted by atomic mass is 32.2. The van der Waals surface area contributed by atoms with Gasteiger partial charge in [-0.1, -0.05) is 12.1 Å². The summed E-state index contributed by atoms with van der Waals surface area (Å²) in [6, 6.07) is 3.88. The van der Waals surface area contributed by atoms with E-state index in [0.717, 1.165) is 12.1 Å². The van der Waals surface area contributed by atoms with Crippen molar-refractivity contribution in [2.45, 2.75) is 17.5 Å². The summed E-state index contributed by atoms with van der Waals surface area (Å²) in [5.41, 5.74) is 3.80. The molecular weight excluding hydrogens is 283 g/mol. The third-order valence-corrected chi connectivity index (χ3v) is 3.69. The minimum absolute atomic E-state index is 0.0760. The van der Waals surface area contributed by atoms with Crippen molar-refractivity contribution in [1.29, 1.82) is 5.41 Å². The molecule has 0 saturated carbocycles. The number of alkyl halides is 3. The molecule has 1 aromatic carbocycles. The smallest absolute Gasteiger partial charge is 0.388 e. The van der Waals surface area contributed by atoms with Crippen LogP contribution in [-0.2, 0) is 16.2 Å². The van der Waals surface area contributed by atoms with Gasteiger partial charge in [0.1, 0.15) is 0 Å². The Bertz CT molecular complexity index is 570. The standard InChI is InChI=1S/C10H12F3N3O2S/c11-10(12,13)7-3-1-2-4-8(7)19(17,18)16-6-5-9(14)15/h1-4,16H,5-6H2,(H3,14,15). The van der Waals surface area contributed by atoms with E-state index in [1.165, 1.54) is 6.07 Å². The number of halogens is 3. The fourth-order valence-electron chi connectivity index (χ4n) is 1.33. The number of sulfonamides is 1. The van der Waals surface area contributed by atoms with Gasteiger partial charge in [0.15, 0.2) is 0 Å². The fraction of sp³-hybridized carbons (Fsp3) is 0.300. The van der Waals surface area contributed by atoms with Crippen LogP contribution in [0.1, 0.15) is 12.0 Å². The van der Waals surface area contributed by atoms with Crippen LogP contribution < -0.4 is 10.5 Å². The van der Waals surface area contributed by atoms with E-state index in [4.69, 9.17) is 11.1 Å². The lowest BCUT2D eigenvalue weighted by Crippen LogP contribution is -2.29. The lowest BCUT2D eigenvalue weighted by Gasteiger charge is -2.13. The topological polar surface area (TPSA) is 96.0 Å². The summed E-state index contributed by atoms with van der Waals surface area (Å²) in [5.74, 6) is -0.258. The van der Waals surface area contributed by atoms with Gasteiger partial charge in [-0.05, 0) is 12.1 Å². The molecule has 19 heavy (non-hydrogen) atoms. The summed E-state index contributed by atoms with van der Waals surface area (Å²) in [6.07, 6.45) is -4.83. The Morgan fingerprint density at radius 1 is 1.32 bits per heavy atom. The van der Waals surface area contributed by atoms with E-state index in [9.17, 15) is 21.6 Å². The van der Waals surface area contributed by atoms with Crippen LogP contribution in [0.5, 0.6) is 0 Å². The second-order valence-electron chi connectivity index (χ2n) is 3.67. The second-order valence-corrected chi connectivity index (χ2v) is 5.40. The molecule has 0 aliphatic heterocycles. The maximum atomic E-state index is 12.7. The van der Waals surface area contributed by atoms with Crippen molar-refractivity contribution in [3.63, 3.8) is 0 Å². The number of amidine groups is 1. The Morgan fingerprint density at radius 3 is 2.42 bits per heavy atom. The highest BCUT2D eigenvalue weighted by molar-refractivity contribution is 7.89. The lowest BCUT2D eigenvalue weighted by molar-refractivity contribution is -0.139. The molecule has 106 valence electrons. The third-order valence-electron chi connectivity index (χ3n) is 2.17. The maximum absolute atomic E-state index is 12.7. The molecule has 0 aliphatic rings. The summed E-state index contributed by atoms with van der Waals surface area (Å²) in [4.78, 5) is -0.842. The van der Waals surface area contributed by atoms with Crippen LogP contribution in [0.25, 0.3) is 0 Å². The first-order valence-electron chi connectivity index (χ1n) is 5.13. The Hall–Kier alpha value is -1.61. The fourth-order valence-corrected chi connectivity index (χ4v) is 2.59. The van der Waals surface area contributed by atoms with Gasteiger partial charge < -0.3 is 5.73 Å². The maximum Gasteiger partial charge on any atom is 0.417 e. The van der Waals surface area contributed by atoms with Crippen molar-refractivity contribution in [2.24, 2.45) is 5.73 Å². The Balaban J connectivity index is 3.05. The van der Waals surface area contributed by atoms with E-state index in [-0.39, 0.29) is 18.8 Å². The largest absolute Gasteiger partial charge is 0.417 e. The van der Waals surface area contributed by atoms with E-state index in [1.54, 1.807) is 0 Å². The van der Waals surface area contributed by atoms with Crippen molar-refractivity contribution in [3.8, 4) is 0 Å². The second kappa shape index (κ2) is 5.57. The van der Waals surface area contributed by atoms with Crippen LogP contribution >= 0.6 is 0 Å². The van der Waals surface area contributed by atoms with Crippen LogP contribution in [0.2, 0.25) is 0 Å². The van der Waals surface area contributed by atoms with Gasteiger partial charge in [-0.15, -0.1) is 0 Å². The molecule has 0 heterocycles. The molecule has 9 heteroatoms. The van der Waals surface area contributed by atoms with Crippen LogP contribution in [0.3, 0.4) is 0 Å². The molecule has 0 bridgehead atoms. The highest BCUT2D eigenvalue weighted by Crippen LogP contribution is 2.33. The van der Waals surface area contributed by atoms with Crippen molar-refractivity contribution in [1.82, 2.24) is 4.72 Å². The third kappa shape index (κ3) is 4.21. The first-order valence-corrected chi connectivity index (χ1v) is 6.61. The lowest BCUT2D eigenvalue weighted by atomic mass is 10.2. The average Bonchev–Trinajstić information content (AvgIpc) is 2.27. The molecule has 4 N–H and O–H groups in total. The van der Waals surface area contributed by atoms with E-state index >= 15 is 0 Å². The zero-order chi connectivity index (χ0) is 14.7. The molecule has 0 spiro atoms. The van der Waals surface area contributed by atoms with Gasteiger partial charge in [-0.2, -0.15) is 13.2 Å². The van der Waals surface area contributed by atoms with Gasteiger partial charge in [0.25, 0.3) is 0 Å². The predicted molar refractivity (Wildman–Crippen MR) is 63.2 cm³/mol. The zero-order valence-corrected chi connectivity index (χ0v) is 10.5. The van der Waals surface area contributed by atoms with Gasteiger partial charge in [0.2, 0.25) is 10.0 Å². The summed E-state index contributed by atoms with van der Waals surface area (Å²) in [5, 5.41) is 6.91. The molecule has 0 radical (unpaired) electrons. The predicted octanol–water partition coefficient (Wildman–Crippen LogP) is 1.31. The summed E-state index contributed by atoms with van der Waals surface area (Å²) >= 11 is 0. The number of nitrogens with two attached hydrogens (primary N) is 1. The molecule has 1 rings (SSSR count). The summed E-state index contributed by atoms with van der Waals surface area (Å²) < 4.78 is 63.5. The molecule has 0 atom stereocenters. The van der Waals surface area contributed by atoms with Gasteiger partial charge in [-0.3, -0.25) is 5.41 Å². The molecule has 0 unspecified atom stereocenters. The molecule has 0 saturated heterocycles. The van der Waals surface area contributed by atoms with Crippen molar-refractivity contribution >= 4 is 15.9 Å². The molecule has 0 aliphatic carbocycles. The first kappa shape index (κ1) is 15.4. The molecule has 5 nitrogen and oxygen atoms in total. The Morgan fingerprint density at radius 2 is 1.89 bits per heavy atom. The van der Waals surface area contributed by atoms with Gasteiger partial charge in [-0.25, -0.2) is 13.1 Å². The summed E-state index contributed by atoms with van der Waals surface area (Å²) in [7, 11) is -4.29. The summed E-state index contributed by atoms with van der Waals surface area (Å²) in [6.45, 7) is -0.232. The average molecular weight is 295 g/mol. The normalized spacial score (nSPS) is 12.4. The Labute approximate surface area is 108 Å². The van der Waals surface area contributed by atoms with Crippen LogP contribution in [-0.4, -0.2) is 20.8 Å². The molecule has 0 fully saturated rings. The van der Waals surface area contributed by atoms with Crippen molar-refractivity contribution in [3.05, 3.63) is 29.8 Å². The highest BCUT2D eigenvalue weighted by Gasteiger charge is 2.36. The van der Waals surface area contributed by atoms with Gasteiger partial charge in [0.05, 0.1) is 16.3 Å². The number of hydrogen-bond donors (Lipinski definition) is 3. The van der Waals surface area contributed by atoms with E-state index in [1.807, 2.05) is 4.72 Å². The molecule has 0 amide bonds. The van der Waals surface area contributed by atoms with Gasteiger partial charge in [0, 0.05) is 13.0 Å².